The van der Waals surface area contributed by atoms with Crippen LogP contribution in [-0.4, -0.2) is 16.1 Å². The van der Waals surface area contributed by atoms with Gasteiger partial charge in [-0.1, -0.05) is 41.0 Å². The van der Waals surface area contributed by atoms with Crippen LogP contribution in [0.2, 0.25) is 10.0 Å². The first-order valence-corrected chi connectivity index (χ1v) is 7.80. The summed E-state index contributed by atoms with van der Waals surface area (Å²) in [4.78, 5) is 15.4. The summed E-state index contributed by atoms with van der Waals surface area (Å²) in [6.07, 6.45) is 0. The number of halogens is 2. The molecule has 2 aromatic rings. The summed E-state index contributed by atoms with van der Waals surface area (Å²) >= 11 is 14.5. The van der Waals surface area contributed by atoms with E-state index >= 15 is 0 Å². The molecule has 0 atom stereocenters. The Morgan fingerprint density at radius 2 is 2.21 bits per heavy atom. The molecule has 0 aliphatic heterocycles. The summed E-state index contributed by atoms with van der Waals surface area (Å²) < 4.78 is 0.723. The number of carboxylic acid groups (broad SMARTS) is 1. The van der Waals surface area contributed by atoms with E-state index in [9.17, 15) is 4.79 Å². The second kappa shape index (κ2) is 6.13. The Kier molecular flexibility index (Phi) is 4.73. The molecule has 0 bridgehead atoms. The van der Waals surface area contributed by atoms with Gasteiger partial charge < -0.3 is 5.11 Å². The van der Waals surface area contributed by atoms with Gasteiger partial charge in [-0.25, -0.2) is 9.78 Å². The van der Waals surface area contributed by atoms with Crippen molar-refractivity contribution in [3.05, 3.63) is 44.4 Å². The van der Waals surface area contributed by atoms with E-state index in [0.29, 0.717) is 21.5 Å². The maximum absolute atomic E-state index is 10.9. The number of nitrogens with zero attached hydrogens (tertiary/aromatic N) is 1. The number of aromatic nitrogens is 1. The van der Waals surface area contributed by atoms with Gasteiger partial charge in [-0.15, -0.1) is 11.3 Å². The molecule has 0 spiro atoms. The van der Waals surface area contributed by atoms with Crippen LogP contribution in [0, 0.1) is 6.92 Å². The molecule has 3 nitrogen and oxygen atoms in total. The Morgan fingerprint density at radius 3 is 2.79 bits per heavy atom. The van der Waals surface area contributed by atoms with Crippen molar-refractivity contribution in [2.75, 3.05) is 0 Å². The van der Waals surface area contributed by atoms with Crippen LogP contribution in [0.1, 0.15) is 20.9 Å². The Morgan fingerprint density at radius 1 is 1.47 bits per heavy atom. The molecule has 0 unspecified atom stereocenters. The minimum absolute atomic E-state index is 0.282. The Labute approximate surface area is 128 Å². The zero-order chi connectivity index (χ0) is 14.0. The highest BCUT2D eigenvalue weighted by atomic mass is 35.5. The number of benzene rings is 1. The van der Waals surface area contributed by atoms with Gasteiger partial charge >= 0.3 is 5.97 Å². The largest absolute Gasteiger partial charge is 0.477 e. The summed E-state index contributed by atoms with van der Waals surface area (Å²) in [5.41, 5.74) is 1.49. The van der Waals surface area contributed by atoms with Crippen molar-refractivity contribution in [2.24, 2.45) is 0 Å². The summed E-state index contributed by atoms with van der Waals surface area (Å²) in [6.45, 7) is 1.69. The maximum Gasteiger partial charge on any atom is 0.347 e. The second-order valence-corrected chi connectivity index (χ2v) is 6.79. The van der Waals surface area contributed by atoms with Gasteiger partial charge in [0.05, 0.1) is 5.69 Å². The molecule has 100 valence electrons. The van der Waals surface area contributed by atoms with Crippen LogP contribution < -0.4 is 0 Å². The van der Waals surface area contributed by atoms with E-state index < -0.39 is 5.97 Å². The van der Waals surface area contributed by atoms with E-state index in [1.165, 1.54) is 23.1 Å². The van der Waals surface area contributed by atoms with E-state index in [-0.39, 0.29) is 4.88 Å². The third kappa shape index (κ3) is 3.63. The molecule has 2 rings (SSSR count). The van der Waals surface area contributed by atoms with Gasteiger partial charge in [-0.3, -0.25) is 0 Å². The fourth-order valence-electron chi connectivity index (χ4n) is 1.41. The number of hydrogen-bond acceptors (Lipinski definition) is 4. The average Bonchev–Trinajstić information content (AvgIpc) is 2.69. The van der Waals surface area contributed by atoms with E-state index in [0.717, 1.165) is 9.90 Å². The molecular weight excluding hydrogens is 325 g/mol. The third-order valence-electron chi connectivity index (χ3n) is 2.34. The van der Waals surface area contributed by atoms with Crippen molar-refractivity contribution in [1.82, 2.24) is 4.98 Å². The maximum atomic E-state index is 10.9. The van der Waals surface area contributed by atoms with Gasteiger partial charge in [-0.05, 0) is 24.6 Å². The number of carbonyl (C=O) groups is 1. The first kappa shape index (κ1) is 14.7. The molecule has 1 heterocycles. The number of thioether (sulfide) groups is 1. The highest BCUT2D eigenvalue weighted by Gasteiger charge is 2.14. The fourth-order valence-corrected chi connectivity index (χ4v) is 4.00. The highest BCUT2D eigenvalue weighted by Crippen LogP contribution is 2.32. The standard InChI is InChI=1S/C12H9Cl2NO2S2/c1-6-10(11(16)17)19-12(15-6)18-5-7-2-3-8(13)4-9(7)14/h2-4H,5H2,1H3,(H,16,17). The number of aromatic carboxylic acids is 1. The lowest BCUT2D eigenvalue weighted by atomic mass is 10.2. The van der Waals surface area contributed by atoms with Crippen LogP contribution in [0.15, 0.2) is 22.5 Å². The Hall–Kier alpha value is -0.750. The molecular formula is C12H9Cl2NO2S2. The number of thiazole rings is 1. The van der Waals surface area contributed by atoms with Crippen molar-refractivity contribution in [3.8, 4) is 0 Å². The van der Waals surface area contributed by atoms with E-state index in [2.05, 4.69) is 4.98 Å². The van der Waals surface area contributed by atoms with Crippen molar-refractivity contribution in [1.29, 1.82) is 0 Å². The first-order valence-electron chi connectivity index (χ1n) is 5.25. The molecule has 7 heteroatoms. The Balaban J connectivity index is 2.10. The number of hydrogen-bond donors (Lipinski definition) is 1. The lowest BCUT2D eigenvalue weighted by Crippen LogP contribution is -1.94. The van der Waals surface area contributed by atoms with E-state index in [4.69, 9.17) is 28.3 Å². The molecule has 0 aliphatic carbocycles. The quantitative estimate of drug-likeness (QED) is 0.820. The molecule has 1 aromatic carbocycles. The summed E-state index contributed by atoms with van der Waals surface area (Å²) in [7, 11) is 0. The molecule has 0 amide bonds. The minimum atomic E-state index is -0.939. The SMILES string of the molecule is Cc1nc(SCc2ccc(Cl)cc2Cl)sc1C(=O)O. The highest BCUT2D eigenvalue weighted by molar-refractivity contribution is 8.00. The van der Waals surface area contributed by atoms with Crippen LogP contribution in [0.4, 0.5) is 0 Å². The zero-order valence-corrected chi connectivity index (χ0v) is 13.0. The lowest BCUT2D eigenvalue weighted by Gasteiger charge is -2.02. The average molecular weight is 334 g/mol. The predicted octanol–water partition coefficient (Wildman–Crippen LogP) is 4.75. The first-order chi connectivity index (χ1) is 8.97. The van der Waals surface area contributed by atoms with Gasteiger partial charge in [-0.2, -0.15) is 0 Å². The topological polar surface area (TPSA) is 50.2 Å². The molecule has 0 fully saturated rings. The van der Waals surface area contributed by atoms with Crippen LogP contribution >= 0.6 is 46.3 Å². The third-order valence-corrected chi connectivity index (χ3v) is 5.26. The fraction of sp³-hybridized carbons (Fsp3) is 0.167. The van der Waals surface area contributed by atoms with Crippen LogP contribution in [0.3, 0.4) is 0 Å². The molecule has 0 saturated heterocycles. The number of aryl methyl sites for hydroxylation is 1. The molecule has 19 heavy (non-hydrogen) atoms. The molecule has 1 N–H and O–H groups in total. The minimum Gasteiger partial charge on any atom is -0.477 e. The van der Waals surface area contributed by atoms with Crippen molar-refractivity contribution in [2.45, 2.75) is 17.0 Å². The van der Waals surface area contributed by atoms with E-state index in [1.807, 2.05) is 6.07 Å². The van der Waals surface area contributed by atoms with Crippen molar-refractivity contribution < 1.29 is 9.90 Å². The predicted molar refractivity (Wildman–Crippen MR) is 79.8 cm³/mol. The molecule has 0 radical (unpaired) electrons. The Bertz CT molecular complexity index is 628. The van der Waals surface area contributed by atoms with E-state index in [1.54, 1.807) is 19.1 Å². The molecule has 0 saturated carbocycles. The van der Waals surface area contributed by atoms with Gasteiger partial charge in [0.1, 0.15) is 4.88 Å². The zero-order valence-electron chi connectivity index (χ0n) is 9.81. The van der Waals surface area contributed by atoms with Crippen molar-refractivity contribution in [3.63, 3.8) is 0 Å². The van der Waals surface area contributed by atoms with Gasteiger partial charge in [0.15, 0.2) is 4.34 Å². The number of carboxylic acids is 1. The van der Waals surface area contributed by atoms with Crippen LogP contribution in [0.5, 0.6) is 0 Å². The molecule has 0 aliphatic rings. The second-order valence-electron chi connectivity index (χ2n) is 3.72. The summed E-state index contributed by atoms with van der Waals surface area (Å²) in [5.74, 6) is -0.312. The van der Waals surface area contributed by atoms with Gasteiger partial charge in [0.2, 0.25) is 0 Å². The molecule has 1 aromatic heterocycles. The van der Waals surface area contributed by atoms with Crippen LogP contribution in [0.25, 0.3) is 0 Å². The summed E-state index contributed by atoms with van der Waals surface area (Å²) in [5, 5.41) is 10.2. The van der Waals surface area contributed by atoms with Crippen molar-refractivity contribution >= 4 is 52.3 Å². The summed E-state index contributed by atoms with van der Waals surface area (Å²) in [6, 6.07) is 5.32. The van der Waals surface area contributed by atoms with Gasteiger partial charge in [0, 0.05) is 15.8 Å². The number of rotatable bonds is 4. The normalized spacial score (nSPS) is 10.7. The van der Waals surface area contributed by atoms with Crippen LogP contribution in [-0.2, 0) is 5.75 Å². The smallest absolute Gasteiger partial charge is 0.347 e. The lowest BCUT2D eigenvalue weighted by molar-refractivity contribution is 0.0701. The monoisotopic (exact) mass is 333 g/mol. The van der Waals surface area contributed by atoms with Gasteiger partial charge in [0.25, 0.3) is 0 Å².